The van der Waals surface area contributed by atoms with Crippen molar-refractivity contribution in [3.63, 3.8) is 0 Å². The molecule has 0 bridgehead atoms. The van der Waals surface area contributed by atoms with Gasteiger partial charge in [-0.3, -0.25) is 4.72 Å². The molecule has 4 aromatic carbocycles. The van der Waals surface area contributed by atoms with E-state index in [0.717, 1.165) is 33.0 Å². The van der Waals surface area contributed by atoms with Crippen molar-refractivity contribution in [1.82, 2.24) is 4.98 Å². The van der Waals surface area contributed by atoms with Crippen LogP contribution in [0.1, 0.15) is 5.56 Å². The lowest BCUT2D eigenvalue weighted by atomic mass is 10.0. The Kier molecular flexibility index (Phi) is 4.68. The zero-order chi connectivity index (χ0) is 21.4. The molecule has 5 rings (SSSR count). The van der Waals surface area contributed by atoms with Crippen molar-refractivity contribution in [2.24, 2.45) is 0 Å². The van der Waals surface area contributed by atoms with Crippen molar-refractivity contribution < 1.29 is 8.42 Å². The normalized spacial score (nSPS) is 11.6. The number of nitrogens with zero attached hydrogens (tertiary/aromatic N) is 1. The Morgan fingerprint density at radius 2 is 1.42 bits per heavy atom. The third-order valence-electron chi connectivity index (χ3n) is 5.36. The van der Waals surface area contributed by atoms with E-state index in [2.05, 4.69) is 22.9 Å². The smallest absolute Gasteiger partial charge is 0.261 e. The molecule has 31 heavy (non-hydrogen) atoms. The SMILES string of the molecule is Cc1ccc(S(=O)(=O)Nc2cccc3ccc(-c4cccc5ccccc45)nc23)cc1. The summed E-state index contributed by atoms with van der Waals surface area (Å²) in [5.74, 6) is 0. The Morgan fingerprint density at radius 1 is 0.710 bits per heavy atom. The van der Waals surface area contributed by atoms with Crippen LogP contribution in [0.25, 0.3) is 32.9 Å². The zero-order valence-electron chi connectivity index (χ0n) is 16.9. The second-order valence-electron chi connectivity index (χ2n) is 7.52. The predicted octanol–water partition coefficient (Wildman–Crippen LogP) is 6.16. The summed E-state index contributed by atoms with van der Waals surface area (Å²) in [4.78, 5) is 5.08. The summed E-state index contributed by atoms with van der Waals surface area (Å²) in [7, 11) is -3.72. The summed E-state index contributed by atoms with van der Waals surface area (Å²) in [6.07, 6.45) is 0. The van der Waals surface area contributed by atoms with E-state index in [9.17, 15) is 8.42 Å². The Labute approximate surface area is 181 Å². The van der Waals surface area contributed by atoms with Gasteiger partial charge in [-0.05, 0) is 42.0 Å². The van der Waals surface area contributed by atoms with Crippen molar-refractivity contribution in [2.45, 2.75) is 11.8 Å². The topological polar surface area (TPSA) is 59.1 Å². The zero-order valence-corrected chi connectivity index (χ0v) is 17.7. The van der Waals surface area contributed by atoms with Crippen LogP contribution >= 0.6 is 0 Å². The van der Waals surface area contributed by atoms with Gasteiger partial charge in [0, 0.05) is 10.9 Å². The van der Waals surface area contributed by atoms with E-state index in [0.29, 0.717) is 11.2 Å². The number of hydrogen-bond donors (Lipinski definition) is 1. The molecular weight excluding hydrogens is 404 g/mol. The largest absolute Gasteiger partial charge is 0.277 e. The number of fused-ring (bicyclic) bond motifs is 2. The number of benzene rings is 4. The Balaban J connectivity index is 1.63. The maximum Gasteiger partial charge on any atom is 0.261 e. The van der Waals surface area contributed by atoms with E-state index in [1.165, 1.54) is 0 Å². The number of anilines is 1. The molecule has 1 aromatic heterocycles. The molecule has 0 spiro atoms. The van der Waals surface area contributed by atoms with Gasteiger partial charge in [0.25, 0.3) is 10.0 Å². The van der Waals surface area contributed by atoms with Crippen LogP contribution in [0.5, 0.6) is 0 Å². The number of aromatic nitrogens is 1. The number of rotatable bonds is 4. The first kappa shape index (κ1) is 19.3. The molecule has 152 valence electrons. The summed E-state index contributed by atoms with van der Waals surface area (Å²) in [6, 6.07) is 30.5. The fourth-order valence-corrected chi connectivity index (χ4v) is 4.82. The summed E-state index contributed by atoms with van der Waals surface area (Å²) >= 11 is 0. The van der Waals surface area contributed by atoms with E-state index in [1.54, 1.807) is 30.3 Å². The first-order chi connectivity index (χ1) is 15.0. The molecule has 0 radical (unpaired) electrons. The van der Waals surface area contributed by atoms with Gasteiger partial charge in [0.15, 0.2) is 0 Å². The molecule has 0 atom stereocenters. The summed E-state index contributed by atoms with van der Waals surface area (Å²) in [5, 5.41) is 3.11. The summed E-state index contributed by atoms with van der Waals surface area (Å²) < 4.78 is 28.6. The molecule has 0 aliphatic carbocycles. The Hall–Kier alpha value is -3.70. The van der Waals surface area contributed by atoms with Gasteiger partial charge < -0.3 is 0 Å². The second kappa shape index (κ2) is 7.52. The molecule has 1 heterocycles. The van der Waals surface area contributed by atoms with E-state index in [4.69, 9.17) is 4.98 Å². The van der Waals surface area contributed by atoms with Crippen molar-refractivity contribution in [2.75, 3.05) is 4.72 Å². The van der Waals surface area contributed by atoms with Crippen molar-refractivity contribution in [3.05, 3.63) is 103 Å². The number of nitrogens with one attached hydrogen (secondary N) is 1. The van der Waals surface area contributed by atoms with Crippen LogP contribution in [0.2, 0.25) is 0 Å². The molecule has 5 aromatic rings. The molecular formula is C26H20N2O2S. The van der Waals surface area contributed by atoms with Crippen LogP contribution < -0.4 is 4.72 Å². The van der Waals surface area contributed by atoms with Gasteiger partial charge in [0.2, 0.25) is 0 Å². The average Bonchev–Trinajstić information content (AvgIpc) is 2.79. The highest BCUT2D eigenvalue weighted by Crippen LogP contribution is 2.31. The van der Waals surface area contributed by atoms with Crippen molar-refractivity contribution >= 4 is 37.4 Å². The van der Waals surface area contributed by atoms with E-state index >= 15 is 0 Å². The number of sulfonamides is 1. The van der Waals surface area contributed by atoms with Gasteiger partial charge in [-0.2, -0.15) is 0 Å². The molecule has 0 fully saturated rings. The number of pyridine rings is 1. The lowest BCUT2D eigenvalue weighted by Gasteiger charge is -2.12. The van der Waals surface area contributed by atoms with Crippen molar-refractivity contribution in [1.29, 1.82) is 0 Å². The van der Waals surface area contributed by atoms with Crippen LogP contribution in [-0.2, 0) is 10.0 Å². The lowest BCUT2D eigenvalue weighted by Crippen LogP contribution is -2.13. The number of aryl methyl sites for hydroxylation is 1. The summed E-state index contributed by atoms with van der Waals surface area (Å²) in [5.41, 5.74) is 3.89. The fourth-order valence-electron chi connectivity index (χ4n) is 3.75. The van der Waals surface area contributed by atoms with Crippen LogP contribution in [0.15, 0.2) is 102 Å². The van der Waals surface area contributed by atoms with Gasteiger partial charge in [0.1, 0.15) is 0 Å². The standard InChI is InChI=1S/C26H20N2O2S/c1-18-12-15-21(16-13-18)31(29,30)28-25-11-5-8-20-14-17-24(27-26(20)25)23-10-4-7-19-6-2-3-9-22(19)23/h2-17,28H,1H3. The maximum absolute atomic E-state index is 12.9. The predicted molar refractivity (Wildman–Crippen MR) is 127 cm³/mol. The molecule has 0 unspecified atom stereocenters. The molecule has 0 aliphatic rings. The van der Waals surface area contributed by atoms with Crippen LogP contribution in [0.3, 0.4) is 0 Å². The minimum Gasteiger partial charge on any atom is -0.277 e. The third-order valence-corrected chi connectivity index (χ3v) is 6.74. The monoisotopic (exact) mass is 424 g/mol. The lowest BCUT2D eigenvalue weighted by molar-refractivity contribution is 0.601. The molecule has 4 nitrogen and oxygen atoms in total. The van der Waals surface area contributed by atoms with Gasteiger partial charge >= 0.3 is 0 Å². The second-order valence-corrected chi connectivity index (χ2v) is 9.20. The molecule has 0 amide bonds. The first-order valence-electron chi connectivity index (χ1n) is 9.99. The fraction of sp³-hybridized carbons (Fsp3) is 0.0385. The number of hydrogen-bond acceptors (Lipinski definition) is 3. The van der Waals surface area contributed by atoms with Crippen molar-refractivity contribution in [3.8, 4) is 11.3 Å². The Morgan fingerprint density at radius 3 is 2.26 bits per heavy atom. The van der Waals surface area contributed by atoms with Crippen LogP contribution in [0, 0.1) is 6.92 Å². The van der Waals surface area contributed by atoms with Gasteiger partial charge in [0.05, 0.1) is 21.8 Å². The highest BCUT2D eigenvalue weighted by molar-refractivity contribution is 7.92. The Bertz CT molecular complexity index is 1520. The molecule has 0 saturated heterocycles. The van der Waals surface area contributed by atoms with Gasteiger partial charge in [-0.25, -0.2) is 13.4 Å². The van der Waals surface area contributed by atoms with Gasteiger partial charge in [-0.1, -0.05) is 78.4 Å². The third kappa shape index (κ3) is 3.64. The van der Waals surface area contributed by atoms with E-state index in [-0.39, 0.29) is 4.90 Å². The minimum absolute atomic E-state index is 0.223. The molecule has 0 saturated carbocycles. The molecule has 0 aliphatic heterocycles. The van der Waals surface area contributed by atoms with Gasteiger partial charge in [-0.15, -0.1) is 0 Å². The van der Waals surface area contributed by atoms with E-state index < -0.39 is 10.0 Å². The minimum atomic E-state index is -3.72. The highest BCUT2D eigenvalue weighted by Gasteiger charge is 2.16. The quantitative estimate of drug-likeness (QED) is 0.376. The average molecular weight is 425 g/mol. The van der Waals surface area contributed by atoms with Crippen LogP contribution in [0.4, 0.5) is 5.69 Å². The first-order valence-corrected chi connectivity index (χ1v) is 11.5. The molecule has 1 N–H and O–H groups in total. The summed E-state index contributed by atoms with van der Waals surface area (Å²) in [6.45, 7) is 1.92. The molecule has 5 heteroatoms. The highest BCUT2D eigenvalue weighted by atomic mass is 32.2. The van der Waals surface area contributed by atoms with Crippen LogP contribution in [-0.4, -0.2) is 13.4 Å². The number of para-hydroxylation sites is 1. The van der Waals surface area contributed by atoms with E-state index in [1.807, 2.05) is 55.5 Å². The maximum atomic E-state index is 12.9.